The van der Waals surface area contributed by atoms with Crippen LogP contribution in [0.15, 0.2) is 58.5 Å². The number of amides is 1. The Labute approximate surface area is 152 Å². The highest BCUT2D eigenvalue weighted by Gasteiger charge is 2.15. The third-order valence-electron chi connectivity index (χ3n) is 3.95. The lowest BCUT2D eigenvalue weighted by Gasteiger charge is -2.20. The van der Waals surface area contributed by atoms with E-state index in [-0.39, 0.29) is 5.91 Å². The minimum absolute atomic E-state index is 0.0168. The summed E-state index contributed by atoms with van der Waals surface area (Å²) in [6.07, 6.45) is 1.66. The van der Waals surface area contributed by atoms with Crippen molar-refractivity contribution in [3.8, 4) is 0 Å². The second-order valence-corrected chi connectivity index (χ2v) is 7.20. The Balaban J connectivity index is 1.67. The molecule has 5 heteroatoms. The maximum atomic E-state index is 12.6. The number of aryl methyl sites for hydroxylation is 2. The van der Waals surface area contributed by atoms with Crippen LogP contribution in [0.2, 0.25) is 0 Å². The Morgan fingerprint density at radius 2 is 2.04 bits per heavy atom. The number of nitrogens with one attached hydrogen (secondary N) is 1. The van der Waals surface area contributed by atoms with Gasteiger partial charge in [-0.1, -0.05) is 18.2 Å². The number of anilines is 1. The van der Waals surface area contributed by atoms with Gasteiger partial charge in [0, 0.05) is 17.1 Å². The third kappa shape index (κ3) is 5.05. The molecule has 130 valence electrons. The van der Waals surface area contributed by atoms with Crippen molar-refractivity contribution < 1.29 is 9.21 Å². The van der Waals surface area contributed by atoms with Gasteiger partial charge in [0.15, 0.2) is 0 Å². The molecule has 0 aliphatic rings. The van der Waals surface area contributed by atoms with Gasteiger partial charge in [-0.25, -0.2) is 0 Å². The van der Waals surface area contributed by atoms with Crippen molar-refractivity contribution in [2.45, 2.75) is 26.9 Å². The number of carbonyl (C=O) groups excluding carboxylic acids is 1. The lowest BCUT2D eigenvalue weighted by molar-refractivity contribution is -0.117. The van der Waals surface area contributed by atoms with Gasteiger partial charge in [-0.2, -0.15) is 0 Å². The number of benzene rings is 1. The number of thiophene rings is 1. The largest absolute Gasteiger partial charge is 0.468 e. The van der Waals surface area contributed by atoms with Crippen LogP contribution in [0.5, 0.6) is 0 Å². The number of carbonyl (C=O) groups is 1. The number of nitrogens with zero attached hydrogens (tertiary/aromatic N) is 1. The average Bonchev–Trinajstić information content (AvgIpc) is 3.25. The van der Waals surface area contributed by atoms with E-state index in [9.17, 15) is 4.79 Å². The van der Waals surface area contributed by atoms with Crippen LogP contribution < -0.4 is 5.32 Å². The van der Waals surface area contributed by atoms with E-state index >= 15 is 0 Å². The van der Waals surface area contributed by atoms with E-state index in [1.807, 2.05) is 50.2 Å². The summed E-state index contributed by atoms with van der Waals surface area (Å²) in [5.74, 6) is 0.841. The highest BCUT2D eigenvalue weighted by molar-refractivity contribution is 7.09. The van der Waals surface area contributed by atoms with Crippen LogP contribution in [0, 0.1) is 13.8 Å². The fraction of sp³-hybridized carbons (Fsp3) is 0.250. The summed E-state index contributed by atoms with van der Waals surface area (Å²) >= 11 is 1.70. The van der Waals surface area contributed by atoms with Gasteiger partial charge >= 0.3 is 0 Å². The molecule has 0 aliphatic carbocycles. The molecule has 0 saturated heterocycles. The monoisotopic (exact) mass is 354 g/mol. The first kappa shape index (κ1) is 17.5. The highest BCUT2D eigenvalue weighted by atomic mass is 32.1. The summed E-state index contributed by atoms with van der Waals surface area (Å²) in [6, 6.07) is 14.0. The maximum absolute atomic E-state index is 12.6. The zero-order valence-corrected chi connectivity index (χ0v) is 15.3. The first-order chi connectivity index (χ1) is 12.1. The van der Waals surface area contributed by atoms with Crippen LogP contribution in [0.1, 0.15) is 21.8 Å². The fourth-order valence-corrected chi connectivity index (χ4v) is 3.42. The predicted octanol–water partition coefficient (Wildman–Crippen LogP) is 4.60. The van der Waals surface area contributed by atoms with Gasteiger partial charge in [-0.15, -0.1) is 11.3 Å². The smallest absolute Gasteiger partial charge is 0.238 e. The summed E-state index contributed by atoms with van der Waals surface area (Å²) in [4.78, 5) is 15.9. The van der Waals surface area contributed by atoms with E-state index in [0.717, 1.165) is 29.1 Å². The molecule has 0 fully saturated rings. The van der Waals surface area contributed by atoms with Gasteiger partial charge in [0.2, 0.25) is 5.91 Å². The Bertz CT molecular complexity index is 774. The minimum Gasteiger partial charge on any atom is -0.468 e. The topological polar surface area (TPSA) is 45.5 Å². The summed E-state index contributed by atoms with van der Waals surface area (Å²) in [5.41, 5.74) is 3.07. The Kier molecular flexibility index (Phi) is 5.68. The number of furan rings is 1. The molecule has 3 aromatic rings. The first-order valence-corrected chi connectivity index (χ1v) is 9.12. The van der Waals surface area contributed by atoms with Gasteiger partial charge in [0.1, 0.15) is 5.76 Å². The van der Waals surface area contributed by atoms with Crippen LogP contribution in [0.3, 0.4) is 0 Å². The molecule has 2 aromatic heterocycles. The van der Waals surface area contributed by atoms with E-state index < -0.39 is 0 Å². The number of rotatable bonds is 7. The van der Waals surface area contributed by atoms with E-state index in [2.05, 4.69) is 21.7 Å². The van der Waals surface area contributed by atoms with Crippen molar-refractivity contribution in [3.63, 3.8) is 0 Å². The van der Waals surface area contributed by atoms with E-state index in [1.54, 1.807) is 17.6 Å². The normalized spacial score (nSPS) is 11.0. The van der Waals surface area contributed by atoms with Gasteiger partial charge in [-0.05, 0) is 54.6 Å². The highest BCUT2D eigenvalue weighted by Crippen LogP contribution is 2.18. The molecule has 0 atom stereocenters. The van der Waals surface area contributed by atoms with Crippen LogP contribution in [-0.4, -0.2) is 17.4 Å². The Hall–Kier alpha value is -2.37. The lowest BCUT2D eigenvalue weighted by atomic mass is 10.1. The summed E-state index contributed by atoms with van der Waals surface area (Å²) in [5, 5.41) is 5.09. The Morgan fingerprint density at radius 3 is 2.76 bits per heavy atom. The molecule has 25 heavy (non-hydrogen) atoms. The number of hydrogen-bond acceptors (Lipinski definition) is 4. The quantitative estimate of drug-likeness (QED) is 0.674. The molecule has 0 spiro atoms. The molecule has 0 unspecified atom stereocenters. The fourth-order valence-electron chi connectivity index (χ4n) is 2.68. The van der Waals surface area contributed by atoms with Crippen molar-refractivity contribution in [1.29, 1.82) is 0 Å². The molecule has 3 rings (SSSR count). The Morgan fingerprint density at radius 1 is 1.16 bits per heavy atom. The van der Waals surface area contributed by atoms with E-state index in [0.29, 0.717) is 13.1 Å². The summed E-state index contributed by atoms with van der Waals surface area (Å²) < 4.78 is 5.45. The average molecular weight is 354 g/mol. The summed E-state index contributed by atoms with van der Waals surface area (Å²) in [6.45, 7) is 5.66. The third-order valence-corrected chi connectivity index (χ3v) is 4.81. The lowest BCUT2D eigenvalue weighted by Crippen LogP contribution is -2.32. The second-order valence-electron chi connectivity index (χ2n) is 6.17. The molecule has 1 aromatic carbocycles. The van der Waals surface area contributed by atoms with Crippen molar-refractivity contribution in [3.05, 3.63) is 75.9 Å². The van der Waals surface area contributed by atoms with Gasteiger partial charge in [0.25, 0.3) is 0 Å². The zero-order chi connectivity index (χ0) is 17.6. The summed E-state index contributed by atoms with van der Waals surface area (Å²) in [7, 11) is 0. The molecule has 1 amide bonds. The van der Waals surface area contributed by atoms with Crippen LogP contribution in [0.4, 0.5) is 5.69 Å². The standard InChI is InChI=1S/C20H22N2O2S/c1-15-7-8-16(2)19(11-15)21-20(23)14-22(12-17-5-3-9-24-17)13-18-6-4-10-25-18/h3-11H,12-14H2,1-2H3,(H,21,23). The van der Waals surface area contributed by atoms with Crippen LogP contribution in [-0.2, 0) is 17.9 Å². The number of hydrogen-bond donors (Lipinski definition) is 1. The molecule has 0 saturated carbocycles. The second kappa shape index (κ2) is 8.14. The molecular weight excluding hydrogens is 332 g/mol. The zero-order valence-electron chi connectivity index (χ0n) is 14.5. The molecule has 1 N–H and O–H groups in total. The van der Waals surface area contributed by atoms with Crippen LogP contribution >= 0.6 is 11.3 Å². The molecule has 2 heterocycles. The van der Waals surface area contributed by atoms with Gasteiger partial charge in [-0.3, -0.25) is 9.69 Å². The van der Waals surface area contributed by atoms with Crippen LogP contribution in [0.25, 0.3) is 0 Å². The minimum atomic E-state index is -0.0168. The molecule has 0 radical (unpaired) electrons. The predicted molar refractivity (Wildman–Crippen MR) is 102 cm³/mol. The molecule has 0 aliphatic heterocycles. The first-order valence-electron chi connectivity index (χ1n) is 8.24. The van der Waals surface area contributed by atoms with Crippen molar-refractivity contribution >= 4 is 22.9 Å². The molecule has 0 bridgehead atoms. The van der Waals surface area contributed by atoms with Gasteiger partial charge in [0.05, 0.1) is 19.4 Å². The molecule has 4 nitrogen and oxygen atoms in total. The SMILES string of the molecule is Cc1ccc(C)c(NC(=O)CN(Cc2ccco2)Cc2cccs2)c1. The van der Waals surface area contributed by atoms with Gasteiger partial charge < -0.3 is 9.73 Å². The van der Waals surface area contributed by atoms with Crippen molar-refractivity contribution in [2.75, 3.05) is 11.9 Å². The van der Waals surface area contributed by atoms with Crippen molar-refractivity contribution in [1.82, 2.24) is 4.90 Å². The van der Waals surface area contributed by atoms with Crippen molar-refractivity contribution in [2.24, 2.45) is 0 Å². The maximum Gasteiger partial charge on any atom is 0.238 e. The van der Waals surface area contributed by atoms with E-state index in [4.69, 9.17) is 4.42 Å². The molecular formula is C20H22N2O2S. The van der Waals surface area contributed by atoms with E-state index in [1.165, 1.54) is 4.88 Å².